The third-order valence-electron chi connectivity index (χ3n) is 3.89. The maximum atomic E-state index is 12.9. The van der Waals surface area contributed by atoms with Gasteiger partial charge in [-0.1, -0.05) is 0 Å². The highest BCUT2D eigenvalue weighted by atomic mass is 19.4. The Kier molecular flexibility index (Phi) is 3.74. The highest BCUT2D eigenvalue weighted by Crippen LogP contribution is 2.30. The van der Waals surface area contributed by atoms with Crippen molar-refractivity contribution >= 4 is 28.7 Å². The molecule has 1 aliphatic rings. The number of rotatable bonds is 4. The minimum atomic E-state index is -4.65. The number of aromatic nitrogens is 4. The molecule has 1 saturated carbocycles. The molecule has 2 N–H and O–H groups in total. The number of carbonyl (C=O) groups is 1. The van der Waals surface area contributed by atoms with Gasteiger partial charge in [0.2, 0.25) is 5.91 Å². The van der Waals surface area contributed by atoms with E-state index >= 15 is 0 Å². The molecular weight excluding hydrogens is 349 g/mol. The van der Waals surface area contributed by atoms with Gasteiger partial charge in [0.15, 0.2) is 11.5 Å². The molecule has 0 aliphatic heterocycles. The summed E-state index contributed by atoms with van der Waals surface area (Å²) in [7, 11) is 0. The third-order valence-corrected chi connectivity index (χ3v) is 3.89. The topological polar surface area (TPSA) is 84.2 Å². The molecule has 1 aliphatic carbocycles. The first kappa shape index (κ1) is 16.3. The Bertz CT molecular complexity index is 962. The predicted octanol–water partition coefficient (Wildman–Crippen LogP) is 3.24. The number of hydrogen-bond acceptors (Lipinski definition) is 5. The smallest absolute Gasteiger partial charge is 0.339 e. The Hall–Kier alpha value is -3.17. The van der Waals surface area contributed by atoms with Crippen LogP contribution in [-0.2, 0) is 11.0 Å². The zero-order valence-electron chi connectivity index (χ0n) is 13.3. The Labute approximate surface area is 145 Å². The molecule has 0 atom stereocenters. The zero-order valence-corrected chi connectivity index (χ0v) is 13.3. The highest BCUT2D eigenvalue weighted by Gasteiger charge is 2.37. The van der Waals surface area contributed by atoms with E-state index in [9.17, 15) is 18.0 Å². The van der Waals surface area contributed by atoms with Gasteiger partial charge >= 0.3 is 6.18 Å². The normalized spacial score (nSPS) is 14.4. The predicted molar refractivity (Wildman–Crippen MR) is 86.9 cm³/mol. The van der Waals surface area contributed by atoms with Crippen LogP contribution in [0.2, 0.25) is 0 Å². The summed E-state index contributed by atoms with van der Waals surface area (Å²) in [4.78, 5) is 11.7. The van der Waals surface area contributed by atoms with E-state index in [-0.39, 0.29) is 23.3 Å². The van der Waals surface area contributed by atoms with Crippen molar-refractivity contribution < 1.29 is 18.0 Å². The van der Waals surface area contributed by atoms with Crippen molar-refractivity contribution in [3.63, 3.8) is 0 Å². The molecule has 1 fully saturated rings. The van der Waals surface area contributed by atoms with E-state index in [1.807, 2.05) is 0 Å². The molecule has 3 aromatic rings. The van der Waals surface area contributed by atoms with Crippen LogP contribution in [0.5, 0.6) is 0 Å². The number of carbonyl (C=O) groups excluding carboxylic acids is 1. The van der Waals surface area contributed by atoms with Gasteiger partial charge in [-0.25, -0.2) is 0 Å². The summed E-state index contributed by atoms with van der Waals surface area (Å²) < 4.78 is 39.3. The van der Waals surface area contributed by atoms with E-state index in [1.54, 1.807) is 24.3 Å². The summed E-state index contributed by atoms with van der Waals surface area (Å²) in [5, 5.41) is 16.2. The standard InChI is InChI=1S/C16H13F3N6O/c17-16(18,19)15-23-22-13-8-7-12(24-25(13)15)20-10-3-5-11(6-4-10)21-14(26)9-1-2-9/h3-9H,1-2H2,(H,20,24)(H,21,26). The number of amides is 1. The maximum absolute atomic E-state index is 12.9. The lowest BCUT2D eigenvalue weighted by molar-refractivity contribution is -0.146. The first-order chi connectivity index (χ1) is 12.4. The largest absolute Gasteiger partial charge is 0.453 e. The Morgan fingerprint density at radius 3 is 2.38 bits per heavy atom. The van der Waals surface area contributed by atoms with E-state index in [0.717, 1.165) is 12.8 Å². The van der Waals surface area contributed by atoms with Gasteiger partial charge in [0.25, 0.3) is 5.82 Å². The van der Waals surface area contributed by atoms with Crippen molar-refractivity contribution in [2.24, 2.45) is 5.92 Å². The summed E-state index contributed by atoms with van der Waals surface area (Å²) in [5.41, 5.74) is 1.28. The van der Waals surface area contributed by atoms with Crippen molar-refractivity contribution in [3.05, 3.63) is 42.2 Å². The third kappa shape index (κ3) is 3.30. The molecular formula is C16H13F3N6O. The van der Waals surface area contributed by atoms with Gasteiger partial charge in [-0.15, -0.1) is 15.3 Å². The fraction of sp³-hybridized carbons (Fsp3) is 0.250. The van der Waals surface area contributed by atoms with Gasteiger partial charge in [-0.3, -0.25) is 4.79 Å². The van der Waals surface area contributed by atoms with Gasteiger partial charge in [-0.2, -0.15) is 17.7 Å². The van der Waals surface area contributed by atoms with Gasteiger partial charge in [0, 0.05) is 17.3 Å². The Morgan fingerprint density at radius 2 is 1.73 bits per heavy atom. The van der Waals surface area contributed by atoms with E-state index in [2.05, 4.69) is 25.9 Å². The second kappa shape index (κ2) is 5.97. The van der Waals surface area contributed by atoms with Crippen molar-refractivity contribution in [1.82, 2.24) is 19.8 Å². The van der Waals surface area contributed by atoms with Crippen molar-refractivity contribution in [2.75, 3.05) is 10.6 Å². The van der Waals surface area contributed by atoms with Crippen LogP contribution in [0.3, 0.4) is 0 Å². The van der Waals surface area contributed by atoms with Crippen molar-refractivity contribution in [2.45, 2.75) is 19.0 Å². The van der Waals surface area contributed by atoms with Gasteiger partial charge in [0.1, 0.15) is 0 Å². The summed E-state index contributed by atoms with van der Waals surface area (Å²) in [6.07, 6.45) is -2.81. The van der Waals surface area contributed by atoms with Gasteiger partial charge in [0.05, 0.1) is 0 Å². The number of benzene rings is 1. The summed E-state index contributed by atoms with van der Waals surface area (Å²) in [6.45, 7) is 0. The maximum Gasteiger partial charge on any atom is 0.453 e. The minimum absolute atomic E-state index is 0.000936. The molecule has 134 valence electrons. The van der Waals surface area contributed by atoms with Crippen molar-refractivity contribution in [3.8, 4) is 0 Å². The molecule has 0 unspecified atom stereocenters. The highest BCUT2D eigenvalue weighted by molar-refractivity contribution is 5.94. The van der Waals surface area contributed by atoms with Crippen LogP contribution in [0.1, 0.15) is 18.7 Å². The number of nitrogens with zero attached hydrogens (tertiary/aromatic N) is 4. The average Bonchev–Trinajstić information content (AvgIpc) is 3.35. The quantitative estimate of drug-likeness (QED) is 0.744. The van der Waals surface area contributed by atoms with Crippen LogP contribution in [0, 0.1) is 5.92 Å². The summed E-state index contributed by atoms with van der Waals surface area (Å²) >= 11 is 0. The molecule has 26 heavy (non-hydrogen) atoms. The lowest BCUT2D eigenvalue weighted by Crippen LogP contribution is -2.13. The molecule has 7 nitrogen and oxygen atoms in total. The summed E-state index contributed by atoms with van der Waals surface area (Å²) in [6, 6.07) is 9.72. The number of halogens is 3. The number of hydrogen-bond donors (Lipinski definition) is 2. The molecule has 10 heteroatoms. The zero-order chi connectivity index (χ0) is 18.3. The van der Waals surface area contributed by atoms with Crippen LogP contribution in [0.25, 0.3) is 5.65 Å². The van der Waals surface area contributed by atoms with E-state index in [1.165, 1.54) is 12.1 Å². The number of nitrogens with one attached hydrogen (secondary N) is 2. The molecule has 1 aromatic carbocycles. The fourth-order valence-corrected chi connectivity index (χ4v) is 2.41. The molecule has 2 aromatic heterocycles. The van der Waals surface area contributed by atoms with Crippen LogP contribution < -0.4 is 10.6 Å². The van der Waals surface area contributed by atoms with Crippen molar-refractivity contribution in [1.29, 1.82) is 0 Å². The molecule has 2 heterocycles. The lowest BCUT2D eigenvalue weighted by Gasteiger charge is -2.09. The first-order valence-electron chi connectivity index (χ1n) is 7.88. The second-order valence-corrected chi connectivity index (χ2v) is 5.98. The fourth-order valence-electron chi connectivity index (χ4n) is 2.41. The molecule has 0 spiro atoms. The minimum Gasteiger partial charge on any atom is -0.339 e. The molecule has 0 radical (unpaired) electrons. The molecule has 0 saturated heterocycles. The van der Waals surface area contributed by atoms with Crippen LogP contribution in [0.15, 0.2) is 36.4 Å². The molecule has 4 rings (SSSR count). The summed E-state index contributed by atoms with van der Waals surface area (Å²) in [5.74, 6) is -0.868. The van der Waals surface area contributed by atoms with E-state index in [0.29, 0.717) is 15.9 Å². The van der Waals surface area contributed by atoms with Gasteiger partial charge < -0.3 is 10.6 Å². The lowest BCUT2D eigenvalue weighted by atomic mass is 10.2. The van der Waals surface area contributed by atoms with Crippen LogP contribution in [-0.4, -0.2) is 25.7 Å². The van der Waals surface area contributed by atoms with Crippen LogP contribution in [0.4, 0.5) is 30.4 Å². The van der Waals surface area contributed by atoms with Crippen LogP contribution >= 0.6 is 0 Å². The monoisotopic (exact) mass is 362 g/mol. The number of anilines is 3. The SMILES string of the molecule is O=C(Nc1ccc(Nc2ccc3nnc(C(F)(F)F)n3n2)cc1)C1CC1. The first-order valence-corrected chi connectivity index (χ1v) is 7.88. The number of alkyl halides is 3. The van der Waals surface area contributed by atoms with E-state index in [4.69, 9.17) is 0 Å². The van der Waals surface area contributed by atoms with Gasteiger partial charge in [-0.05, 0) is 49.2 Å². The number of fused-ring (bicyclic) bond motifs is 1. The molecule has 0 bridgehead atoms. The Morgan fingerprint density at radius 1 is 1.04 bits per heavy atom. The average molecular weight is 362 g/mol. The van der Waals surface area contributed by atoms with E-state index < -0.39 is 12.0 Å². The second-order valence-electron chi connectivity index (χ2n) is 5.98. The Balaban J connectivity index is 1.52. The molecule has 1 amide bonds.